The summed E-state index contributed by atoms with van der Waals surface area (Å²) in [4.78, 5) is 22.1. The largest absolute Gasteiger partial charge is 0.465 e. The summed E-state index contributed by atoms with van der Waals surface area (Å²) >= 11 is 0. The van der Waals surface area contributed by atoms with Crippen LogP contribution in [0.3, 0.4) is 0 Å². The molecule has 11 heteroatoms. The first-order chi connectivity index (χ1) is 12.3. The fourth-order valence-corrected chi connectivity index (χ4v) is 2.23. The molecule has 1 rings (SSSR count). The van der Waals surface area contributed by atoms with Crippen LogP contribution in [0.1, 0.15) is 6.92 Å². The van der Waals surface area contributed by atoms with E-state index in [0.29, 0.717) is 5.57 Å². The Bertz CT molecular complexity index is 488. The van der Waals surface area contributed by atoms with Crippen LogP contribution in [-0.4, -0.2) is 96.0 Å². The Balaban J connectivity index is 2.38. The van der Waals surface area contributed by atoms with Crippen molar-refractivity contribution in [1.82, 2.24) is 10.6 Å². The molecule has 11 nitrogen and oxygen atoms in total. The molecule has 0 unspecified atom stereocenters. The lowest BCUT2D eigenvalue weighted by Crippen LogP contribution is -2.64. The summed E-state index contributed by atoms with van der Waals surface area (Å²) in [5.41, 5.74) is 0.388. The molecule has 6 N–H and O–H groups in total. The lowest BCUT2D eigenvalue weighted by atomic mass is 9.97. The van der Waals surface area contributed by atoms with E-state index >= 15 is 0 Å². The van der Waals surface area contributed by atoms with Gasteiger partial charge in [0.1, 0.15) is 24.4 Å². The third-order valence-electron chi connectivity index (χ3n) is 3.60. The maximum atomic E-state index is 11.3. The summed E-state index contributed by atoms with van der Waals surface area (Å²) in [5, 5.41) is 42.4. The molecule has 0 bridgehead atoms. The van der Waals surface area contributed by atoms with E-state index in [-0.39, 0.29) is 32.3 Å². The monoisotopic (exact) mass is 378 g/mol. The molecular formula is C15H26N2O9. The Labute approximate surface area is 150 Å². The van der Waals surface area contributed by atoms with E-state index in [9.17, 15) is 19.8 Å². The Morgan fingerprint density at radius 1 is 1.19 bits per heavy atom. The molecule has 0 spiro atoms. The van der Waals surface area contributed by atoms with Crippen LogP contribution in [0.4, 0.5) is 4.79 Å². The smallest absolute Gasteiger partial charge is 0.405 e. The van der Waals surface area contributed by atoms with Gasteiger partial charge in [0.15, 0.2) is 6.29 Å². The number of hydrogen-bond acceptors (Lipinski definition) is 8. The van der Waals surface area contributed by atoms with E-state index < -0.39 is 43.3 Å². The number of amides is 2. The van der Waals surface area contributed by atoms with Gasteiger partial charge in [-0.2, -0.15) is 0 Å². The van der Waals surface area contributed by atoms with Gasteiger partial charge in [-0.05, 0) is 6.92 Å². The average Bonchev–Trinajstić information content (AvgIpc) is 2.59. The summed E-state index contributed by atoms with van der Waals surface area (Å²) in [6.07, 6.45) is -6.73. The summed E-state index contributed by atoms with van der Waals surface area (Å²) in [6.45, 7) is 5.13. The first kappa shape index (κ1) is 22.3. The third kappa shape index (κ3) is 6.86. The molecular weight excluding hydrogens is 352 g/mol. The maximum absolute atomic E-state index is 11.3. The Kier molecular flexibility index (Phi) is 9.48. The fourth-order valence-electron chi connectivity index (χ4n) is 2.23. The van der Waals surface area contributed by atoms with Crippen LogP contribution in [0.2, 0.25) is 0 Å². The van der Waals surface area contributed by atoms with Gasteiger partial charge in [-0.1, -0.05) is 6.58 Å². The van der Waals surface area contributed by atoms with Gasteiger partial charge in [0.2, 0.25) is 5.91 Å². The topological polar surface area (TPSA) is 167 Å². The molecule has 0 aromatic carbocycles. The molecule has 0 radical (unpaired) electrons. The van der Waals surface area contributed by atoms with Gasteiger partial charge in [0.25, 0.3) is 0 Å². The molecule has 2 amide bonds. The quantitative estimate of drug-likeness (QED) is 0.182. The van der Waals surface area contributed by atoms with E-state index in [1.54, 1.807) is 6.92 Å². The Hall–Kier alpha value is -1.76. The van der Waals surface area contributed by atoms with Crippen molar-refractivity contribution in [2.24, 2.45) is 0 Å². The summed E-state index contributed by atoms with van der Waals surface area (Å²) in [7, 11) is 0. The second-order valence-electron chi connectivity index (χ2n) is 5.70. The molecule has 150 valence electrons. The van der Waals surface area contributed by atoms with Crippen LogP contribution in [0.5, 0.6) is 0 Å². The molecule has 1 heterocycles. The third-order valence-corrected chi connectivity index (χ3v) is 3.60. The number of aliphatic hydroxyl groups excluding tert-OH is 3. The van der Waals surface area contributed by atoms with Crippen LogP contribution in [0, 0.1) is 0 Å². The molecule has 0 aliphatic carbocycles. The minimum Gasteiger partial charge on any atom is -0.465 e. The van der Waals surface area contributed by atoms with Crippen molar-refractivity contribution in [3.05, 3.63) is 12.2 Å². The van der Waals surface area contributed by atoms with Crippen LogP contribution in [0.15, 0.2) is 12.2 Å². The second-order valence-corrected chi connectivity index (χ2v) is 5.70. The van der Waals surface area contributed by atoms with E-state index in [1.807, 2.05) is 5.32 Å². The van der Waals surface area contributed by atoms with E-state index in [1.165, 1.54) is 0 Å². The molecule has 0 aromatic heterocycles. The number of ether oxygens (including phenoxy) is 3. The second kappa shape index (κ2) is 11.1. The van der Waals surface area contributed by atoms with Crippen molar-refractivity contribution >= 4 is 12.0 Å². The van der Waals surface area contributed by atoms with Crippen LogP contribution in [-0.2, 0) is 19.0 Å². The SMILES string of the molecule is C=C(C)C(=O)NCCOCCO[C@H]1O[C@@H](CO)[C@@H](O)[C@@H](O)[C@@H]1NC(=O)O. The zero-order chi connectivity index (χ0) is 19.7. The van der Waals surface area contributed by atoms with Crippen molar-refractivity contribution in [3.8, 4) is 0 Å². The lowest BCUT2D eigenvalue weighted by Gasteiger charge is -2.41. The van der Waals surface area contributed by atoms with Crippen LogP contribution in [0.25, 0.3) is 0 Å². The van der Waals surface area contributed by atoms with Crippen LogP contribution < -0.4 is 10.6 Å². The molecule has 5 atom stereocenters. The molecule has 1 saturated heterocycles. The molecule has 0 saturated carbocycles. The van der Waals surface area contributed by atoms with Crippen molar-refractivity contribution in [1.29, 1.82) is 0 Å². The number of carbonyl (C=O) groups excluding carboxylic acids is 1. The molecule has 1 aliphatic rings. The van der Waals surface area contributed by atoms with Gasteiger partial charge in [-0.15, -0.1) is 0 Å². The summed E-state index contributed by atoms with van der Waals surface area (Å²) in [6, 6.07) is -1.24. The van der Waals surface area contributed by atoms with Gasteiger partial charge in [0.05, 0.1) is 26.4 Å². The number of rotatable bonds is 10. The highest BCUT2D eigenvalue weighted by atomic mass is 16.7. The van der Waals surface area contributed by atoms with Gasteiger partial charge in [0, 0.05) is 12.1 Å². The zero-order valence-corrected chi connectivity index (χ0v) is 14.5. The van der Waals surface area contributed by atoms with Crippen molar-refractivity contribution < 1.29 is 44.2 Å². The first-order valence-electron chi connectivity index (χ1n) is 8.02. The van der Waals surface area contributed by atoms with E-state index in [2.05, 4.69) is 11.9 Å². The molecule has 0 aromatic rings. The van der Waals surface area contributed by atoms with Gasteiger partial charge in [-0.3, -0.25) is 4.79 Å². The standard InChI is InChI=1S/C15H26N2O9/c1-8(2)13(21)16-3-4-24-5-6-25-14-10(17-15(22)23)12(20)11(19)9(7-18)26-14/h9-12,14,17-20H,1,3-7H2,2H3,(H,16,21)(H,22,23)/t9-,10-,11+,12-,14-/m0/s1. The lowest BCUT2D eigenvalue weighted by molar-refractivity contribution is -0.271. The van der Waals surface area contributed by atoms with Gasteiger partial charge < -0.3 is 45.3 Å². The maximum Gasteiger partial charge on any atom is 0.405 e. The van der Waals surface area contributed by atoms with E-state index in [0.717, 1.165) is 0 Å². The number of hydrogen-bond donors (Lipinski definition) is 6. The minimum atomic E-state index is -1.51. The molecule has 1 fully saturated rings. The number of carbonyl (C=O) groups is 2. The Morgan fingerprint density at radius 2 is 1.88 bits per heavy atom. The van der Waals surface area contributed by atoms with Crippen molar-refractivity contribution in [2.75, 3.05) is 33.0 Å². The van der Waals surface area contributed by atoms with E-state index in [4.69, 9.17) is 24.4 Å². The average molecular weight is 378 g/mol. The highest BCUT2D eigenvalue weighted by Crippen LogP contribution is 2.22. The van der Waals surface area contributed by atoms with Crippen molar-refractivity contribution in [2.45, 2.75) is 37.6 Å². The van der Waals surface area contributed by atoms with Crippen LogP contribution >= 0.6 is 0 Å². The molecule has 26 heavy (non-hydrogen) atoms. The van der Waals surface area contributed by atoms with Gasteiger partial charge >= 0.3 is 6.09 Å². The number of aliphatic hydroxyl groups is 3. The summed E-state index contributed by atoms with van der Waals surface area (Å²) in [5.74, 6) is -0.273. The van der Waals surface area contributed by atoms with Crippen molar-refractivity contribution in [3.63, 3.8) is 0 Å². The molecule has 1 aliphatic heterocycles. The predicted octanol–water partition coefficient (Wildman–Crippen LogP) is -2.21. The number of nitrogens with one attached hydrogen (secondary N) is 2. The van der Waals surface area contributed by atoms with Gasteiger partial charge in [-0.25, -0.2) is 4.79 Å². The summed E-state index contributed by atoms with van der Waals surface area (Å²) < 4.78 is 15.9. The number of carboxylic acid groups (broad SMARTS) is 1. The highest BCUT2D eigenvalue weighted by Gasteiger charge is 2.45. The minimum absolute atomic E-state index is 0.00212. The predicted molar refractivity (Wildman–Crippen MR) is 87.3 cm³/mol. The highest BCUT2D eigenvalue weighted by molar-refractivity contribution is 5.92. The zero-order valence-electron chi connectivity index (χ0n) is 14.5. The Morgan fingerprint density at radius 3 is 2.46 bits per heavy atom. The normalized spacial score (nSPS) is 28.4. The fraction of sp³-hybridized carbons (Fsp3) is 0.733. The first-order valence-corrected chi connectivity index (χ1v) is 8.02.